The van der Waals surface area contributed by atoms with Gasteiger partial charge in [0.2, 0.25) is 5.95 Å². The van der Waals surface area contributed by atoms with Crippen molar-refractivity contribution in [1.29, 1.82) is 0 Å². The van der Waals surface area contributed by atoms with Crippen molar-refractivity contribution in [2.75, 3.05) is 25.1 Å². The second-order valence-corrected chi connectivity index (χ2v) is 6.07. The Hall–Kier alpha value is -1.71. The Balaban J connectivity index is 1.48. The zero-order chi connectivity index (χ0) is 16.5. The van der Waals surface area contributed by atoms with E-state index in [4.69, 9.17) is 14.2 Å². The van der Waals surface area contributed by atoms with Crippen LogP contribution >= 0.6 is 0 Å². The lowest BCUT2D eigenvalue weighted by Gasteiger charge is -2.41. The molecular weight excluding hydrogens is 314 g/mol. The average Bonchev–Trinajstić information content (AvgIpc) is 3.05. The lowest BCUT2D eigenvalue weighted by molar-refractivity contribution is -0.291. The number of aromatic amines is 1. The van der Waals surface area contributed by atoms with Crippen molar-refractivity contribution in [2.24, 2.45) is 0 Å². The number of aliphatic hydroxyl groups excluding tert-OH is 2. The number of H-pyrrole nitrogens is 1. The minimum Gasteiger partial charge on any atom is -0.387 e. The number of hydrogen-bond acceptors (Lipinski definition) is 7. The van der Waals surface area contributed by atoms with Crippen LogP contribution in [0.25, 0.3) is 11.0 Å². The van der Waals surface area contributed by atoms with E-state index in [0.717, 1.165) is 11.0 Å². The number of nitrogens with one attached hydrogen (secondary N) is 2. The first kappa shape index (κ1) is 15.8. The Morgan fingerprint density at radius 3 is 2.88 bits per heavy atom. The van der Waals surface area contributed by atoms with E-state index in [2.05, 4.69) is 15.3 Å². The predicted octanol–water partition coefficient (Wildman–Crippen LogP) is 0.227. The molecule has 3 saturated heterocycles. The zero-order valence-corrected chi connectivity index (χ0v) is 13.1. The molecule has 0 saturated carbocycles. The van der Waals surface area contributed by atoms with Crippen molar-refractivity contribution in [3.8, 4) is 0 Å². The SMILES string of the molecule is OC1C2OCCCOC(C(CNc3nc4ccccc4[nH]3)O2)C1O. The van der Waals surface area contributed by atoms with Crippen LogP contribution in [0.1, 0.15) is 6.42 Å². The summed E-state index contributed by atoms with van der Waals surface area (Å²) in [5.74, 6) is 0.617. The Bertz CT molecular complexity index is 658. The van der Waals surface area contributed by atoms with Gasteiger partial charge in [0.15, 0.2) is 6.29 Å². The van der Waals surface area contributed by atoms with E-state index in [1.807, 2.05) is 24.3 Å². The summed E-state index contributed by atoms with van der Waals surface area (Å²) in [6.07, 6.45) is -3.39. The summed E-state index contributed by atoms with van der Waals surface area (Å²) in [6.45, 7) is 1.24. The second kappa shape index (κ2) is 6.66. The Morgan fingerprint density at radius 1 is 1.17 bits per heavy atom. The number of ether oxygens (including phenoxy) is 3. The molecule has 4 N–H and O–H groups in total. The molecule has 8 nitrogen and oxygen atoms in total. The van der Waals surface area contributed by atoms with Crippen LogP contribution in [0.5, 0.6) is 0 Å². The fourth-order valence-electron chi connectivity index (χ4n) is 3.13. The number of nitrogens with zero attached hydrogens (tertiary/aromatic N) is 1. The quantitative estimate of drug-likeness (QED) is 0.636. The van der Waals surface area contributed by atoms with Gasteiger partial charge in [-0.05, 0) is 18.6 Å². The molecule has 3 aliphatic rings. The van der Waals surface area contributed by atoms with Gasteiger partial charge < -0.3 is 34.7 Å². The number of fused-ring (bicyclic) bond motifs is 7. The lowest BCUT2D eigenvalue weighted by atomic mass is 9.98. The van der Waals surface area contributed by atoms with Gasteiger partial charge in [-0.2, -0.15) is 0 Å². The van der Waals surface area contributed by atoms with Gasteiger partial charge in [0, 0.05) is 13.2 Å². The number of hydrogen-bond donors (Lipinski definition) is 4. The largest absolute Gasteiger partial charge is 0.387 e. The molecule has 8 heteroatoms. The van der Waals surface area contributed by atoms with Crippen LogP contribution < -0.4 is 5.32 Å². The molecule has 4 heterocycles. The third-order valence-corrected chi connectivity index (χ3v) is 4.38. The van der Waals surface area contributed by atoms with Crippen LogP contribution in [0.15, 0.2) is 24.3 Å². The third-order valence-electron chi connectivity index (χ3n) is 4.38. The molecule has 5 rings (SSSR count). The minimum atomic E-state index is -1.12. The number of aliphatic hydroxyl groups is 2. The maximum absolute atomic E-state index is 10.3. The first-order valence-electron chi connectivity index (χ1n) is 8.16. The van der Waals surface area contributed by atoms with Gasteiger partial charge in [-0.25, -0.2) is 4.98 Å². The molecule has 5 atom stereocenters. The molecule has 24 heavy (non-hydrogen) atoms. The molecule has 3 aliphatic heterocycles. The molecule has 0 aliphatic carbocycles. The van der Waals surface area contributed by atoms with E-state index < -0.39 is 30.7 Å². The summed E-state index contributed by atoms with van der Waals surface area (Å²) in [6, 6.07) is 7.74. The van der Waals surface area contributed by atoms with Crippen molar-refractivity contribution in [3.05, 3.63) is 24.3 Å². The lowest BCUT2D eigenvalue weighted by Crippen LogP contribution is -2.60. The molecular formula is C16H21N3O5. The second-order valence-electron chi connectivity index (χ2n) is 6.07. The molecule has 130 valence electrons. The van der Waals surface area contributed by atoms with Crippen molar-refractivity contribution in [2.45, 2.75) is 37.1 Å². The number of anilines is 1. The highest BCUT2D eigenvalue weighted by atomic mass is 16.7. The molecule has 0 radical (unpaired) electrons. The van der Waals surface area contributed by atoms with Crippen LogP contribution in [0, 0.1) is 0 Å². The highest BCUT2D eigenvalue weighted by Crippen LogP contribution is 2.26. The predicted molar refractivity (Wildman–Crippen MR) is 85.6 cm³/mol. The van der Waals surface area contributed by atoms with Gasteiger partial charge in [-0.15, -0.1) is 0 Å². The smallest absolute Gasteiger partial charge is 0.201 e. The molecule has 2 aromatic rings. The van der Waals surface area contributed by atoms with Gasteiger partial charge in [-0.1, -0.05) is 12.1 Å². The van der Waals surface area contributed by atoms with Gasteiger partial charge in [0.25, 0.3) is 0 Å². The van der Waals surface area contributed by atoms with E-state index in [1.165, 1.54) is 0 Å². The third kappa shape index (κ3) is 2.99. The van der Waals surface area contributed by atoms with Crippen molar-refractivity contribution < 1.29 is 24.4 Å². The zero-order valence-electron chi connectivity index (χ0n) is 13.1. The van der Waals surface area contributed by atoms with Crippen molar-refractivity contribution >= 4 is 17.0 Å². The van der Waals surface area contributed by atoms with Crippen LogP contribution in [-0.2, 0) is 14.2 Å². The first-order chi connectivity index (χ1) is 11.7. The van der Waals surface area contributed by atoms with Gasteiger partial charge in [-0.3, -0.25) is 0 Å². The summed E-state index contributed by atoms with van der Waals surface area (Å²) >= 11 is 0. The fraction of sp³-hybridized carbons (Fsp3) is 0.562. The van der Waals surface area contributed by atoms with Crippen LogP contribution in [0.2, 0.25) is 0 Å². The van der Waals surface area contributed by atoms with Crippen LogP contribution in [0.3, 0.4) is 0 Å². The Kier molecular flexibility index (Phi) is 4.38. The van der Waals surface area contributed by atoms with E-state index in [1.54, 1.807) is 0 Å². The van der Waals surface area contributed by atoms with E-state index >= 15 is 0 Å². The summed E-state index contributed by atoms with van der Waals surface area (Å²) in [5, 5.41) is 23.5. The number of benzene rings is 1. The molecule has 2 bridgehead atoms. The molecule has 0 spiro atoms. The van der Waals surface area contributed by atoms with Crippen LogP contribution in [-0.4, -0.2) is 70.6 Å². The van der Waals surface area contributed by atoms with Gasteiger partial charge in [0.05, 0.1) is 17.6 Å². The normalized spacial score (nSPS) is 33.8. The molecule has 1 aromatic heterocycles. The topological polar surface area (TPSA) is 109 Å². The average molecular weight is 335 g/mol. The molecule has 5 unspecified atom stereocenters. The van der Waals surface area contributed by atoms with Gasteiger partial charge in [0.1, 0.15) is 24.4 Å². The number of para-hydroxylation sites is 2. The Morgan fingerprint density at radius 2 is 2.00 bits per heavy atom. The maximum Gasteiger partial charge on any atom is 0.201 e. The number of imidazole rings is 1. The highest BCUT2D eigenvalue weighted by molar-refractivity contribution is 5.77. The summed E-state index contributed by atoms with van der Waals surface area (Å²) in [5.41, 5.74) is 1.80. The van der Waals surface area contributed by atoms with E-state index in [0.29, 0.717) is 32.1 Å². The number of rotatable bonds is 3. The van der Waals surface area contributed by atoms with Gasteiger partial charge >= 0.3 is 0 Å². The Labute approximate surface area is 138 Å². The van der Waals surface area contributed by atoms with Crippen molar-refractivity contribution in [3.63, 3.8) is 0 Å². The molecule has 1 aromatic carbocycles. The maximum atomic E-state index is 10.3. The summed E-state index contributed by atoms with van der Waals surface area (Å²) in [7, 11) is 0. The monoisotopic (exact) mass is 335 g/mol. The fourth-order valence-corrected chi connectivity index (χ4v) is 3.13. The highest BCUT2D eigenvalue weighted by Gasteiger charge is 2.46. The van der Waals surface area contributed by atoms with Crippen LogP contribution in [0.4, 0.5) is 5.95 Å². The van der Waals surface area contributed by atoms with Crippen molar-refractivity contribution in [1.82, 2.24) is 9.97 Å². The minimum absolute atomic E-state index is 0.369. The molecule has 0 amide bonds. The van der Waals surface area contributed by atoms with E-state index in [-0.39, 0.29) is 0 Å². The summed E-state index contributed by atoms with van der Waals surface area (Å²) in [4.78, 5) is 7.63. The standard InChI is InChI=1S/C16H21N3O5/c20-12-13(21)15-23-7-3-6-22-14(12)11(24-15)8-17-16-18-9-4-1-2-5-10(9)19-16/h1-2,4-5,11-15,20-21H,3,6-8H2,(H2,17,18,19). The summed E-state index contributed by atoms with van der Waals surface area (Å²) < 4.78 is 17.0. The first-order valence-corrected chi connectivity index (χ1v) is 8.16. The van der Waals surface area contributed by atoms with E-state index in [9.17, 15) is 10.2 Å². The number of aromatic nitrogens is 2. The molecule has 3 fully saturated rings.